The Bertz CT molecular complexity index is 979. The van der Waals surface area contributed by atoms with Crippen molar-refractivity contribution in [3.05, 3.63) is 71.8 Å². The largest absolute Gasteiger partial charge is 1.00 e. The minimum atomic E-state index is -0.366. The molecule has 0 saturated carbocycles. The highest BCUT2D eigenvalue weighted by atomic mass is 35.5. The fourth-order valence-electron chi connectivity index (χ4n) is 3.18. The summed E-state index contributed by atoms with van der Waals surface area (Å²) in [5.41, 5.74) is 5.66. The number of carbonyl (C=O) groups excluding carboxylic acids is 4. The van der Waals surface area contributed by atoms with Gasteiger partial charge in [0.05, 0.1) is 19.1 Å². The average molecular weight is 670 g/mol. The van der Waals surface area contributed by atoms with Crippen molar-refractivity contribution in [3.63, 3.8) is 0 Å². The van der Waals surface area contributed by atoms with E-state index in [0.717, 1.165) is 11.1 Å². The fourth-order valence-corrected chi connectivity index (χ4v) is 3.18. The third kappa shape index (κ3) is 23.0. The summed E-state index contributed by atoms with van der Waals surface area (Å²) in [6.45, 7) is 10.7. The van der Waals surface area contributed by atoms with E-state index in [0.29, 0.717) is 12.8 Å². The summed E-state index contributed by atoms with van der Waals surface area (Å²) >= 11 is 0. The first-order valence-corrected chi connectivity index (χ1v) is 14.6. The molecular formula is C36H60ClNO8. The number of halogens is 1. The molecule has 10 heteroatoms. The first kappa shape index (κ1) is 49.4. The molecule has 9 nitrogen and oxygen atoms in total. The van der Waals surface area contributed by atoms with Gasteiger partial charge in [0.2, 0.25) is 0 Å². The molecule has 0 aliphatic carbocycles. The summed E-state index contributed by atoms with van der Waals surface area (Å²) in [6, 6.07) is 18.7. The molecule has 46 heavy (non-hydrogen) atoms. The van der Waals surface area contributed by atoms with Crippen LogP contribution in [0.4, 0.5) is 0 Å². The SMILES string of the molecule is C.C.C.CC(C)[C@H](C)C(=O)OCCCC(=O)OCc1ccccc1.CC(C)[C@H]([NH3+])C(=O)OCCCC(=O)OCc1ccccc1.[Cl-]. The maximum Gasteiger partial charge on any atom is 0.365 e. The first-order valence-electron chi connectivity index (χ1n) is 14.6. The van der Waals surface area contributed by atoms with Gasteiger partial charge in [0.15, 0.2) is 6.04 Å². The molecule has 2 aromatic rings. The van der Waals surface area contributed by atoms with E-state index in [1.54, 1.807) is 0 Å². The lowest BCUT2D eigenvalue weighted by molar-refractivity contribution is -0.418. The number of ether oxygens (including phenoxy) is 4. The van der Waals surface area contributed by atoms with Crippen molar-refractivity contribution in [2.24, 2.45) is 17.8 Å². The van der Waals surface area contributed by atoms with Gasteiger partial charge < -0.3 is 37.1 Å². The maximum absolute atomic E-state index is 11.6. The Balaban J connectivity index is -0.000000353. The molecule has 3 N–H and O–H groups in total. The van der Waals surface area contributed by atoms with Gasteiger partial charge in [0.25, 0.3) is 0 Å². The van der Waals surface area contributed by atoms with Gasteiger partial charge in [-0.25, -0.2) is 4.79 Å². The van der Waals surface area contributed by atoms with E-state index in [4.69, 9.17) is 18.9 Å². The van der Waals surface area contributed by atoms with Crippen LogP contribution in [-0.4, -0.2) is 43.1 Å². The van der Waals surface area contributed by atoms with Crippen LogP contribution in [0.3, 0.4) is 0 Å². The number of hydrogen-bond acceptors (Lipinski definition) is 8. The zero-order valence-electron chi connectivity index (χ0n) is 26.1. The van der Waals surface area contributed by atoms with Gasteiger partial charge in [0.1, 0.15) is 13.2 Å². The summed E-state index contributed by atoms with van der Waals surface area (Å²) in [6.07, 6.45) is 1.45. The van der Waals surface area contributed by atoms with Crippen molar-refractivity contribution in [2.75, 3.05) is 13.2 Å². The van der Waals surface area contributed by atoms with Crippen molar-refractivity contribution in [1.29, 1.82) is 0 Å². The lowest BCUT2D eigenvalue weighted by Gasteiger charge is -2.14. The number of esters is 4. The molecular weight excluding hydrogens is 610 g/mol. The summed E-state index contributed by atoms with van der Waals surface area (Å²) in [5.74, 6) is -0.793. The number of rotatable bonds is 16. The van der Waals surface area contributed by atoms with Crippen LogP contribution in [0.1, 0.15) is 93.7 Å². The first-order chi connectivity index (χ1) is 20.0. The predicted octanol–water partition coefficient (Wildman–Crippen LogP) is 3.58. The Morgan fingerprint density at radius 2 is 0.957 bits per heavy atom. The highest BCUT2D eigenvalue weighted by Gasteiger charge is 2.22. The van der Waals surface area contributed by atoms with E-state index >= 15 is 0 Å². The third-order valence-electron chi connectivity index (χ3n) is 6.50. The number of hydrogen-bond donors (Lipinski definition) is 1. The monoisotopic (exact) mass is 669 g/mol. The standard InChI is InChI=1S/C17H24O4.C16H23NO4.3CH4.ClH/c1-13(2)14(3)17(19)20-11-7-10-16(18)21-12-15-8-5-4-6-9-15;1-12(2)15(17)16(19)20-10-6-9-14(18)21-11-13-7-4-3-5-8-13;;;;/h4-6,8-9,13-14H,7,10-12H2,1-3H3;3-5,7-8,12,15H,6,9-11,17H2,1-2H3;3*1H4;1H/t14-;15-;;;;/m00..../s1. The number of carbonyl (C=O) groups is 4. The molecule has 264 valence electrons. The normalized spacial score (nSPS) is 11.0. The molecule has 0 aliphatic heterocycles. The molecule has 0 heterocycles. The van der Waals surface area contributed by atoms with E-state index in [-0.39, 0.29) is 122 Å². The Hall–Kier alpha value is -3.43. The molecule has 0 unspecified atom stereocenters. The van der Waals surface area contributed by atoms with Crippen molar-refractivity contribution >= 4 is 23.9 Å². The summed E-state index contributed by atoms with van der Waals surface area (Å²) < 4.78 is 20.5. The molecule has 2 aromatic carbocycles. The summed E-state index contributed by atoms with van der Waals surface area (Å²) in [5, 5.41) is 0. The topological polar surface area (TPSA) is 133 Å². The molecule has 0 aromatic heterocycles. The number of benzene rings is 2. The van der Waals surface area contributed by atoms with Crippen molar-refractivity contribution < 1.29 is 56.3 Å². The van der Waals surface area contributed by atoms with E-state index in [2.05, 4.69) is 5.73 Å². The molecule has 0 aliphatic rings. The van der Waals surface area contributed by atoms with E-state index in [1.807, 2.05) is 95.3 Å². The molecule has 0 amide bonds. The maximum atomic E-state index is 11.6. The molecule has 0 fully saturated rings. The smallest absolute Gasteiger partial charge is 0.365 e. The van der Waals surface area contributed by atoms with E-state index in [9.17, 15) is 19.2 Å². The van der Waals surface area contributed by atoms with Gasteiger partial charge >= 0.3 is 23.9 Å². The average Bonchev–Trinajstić information content (AvgIpc) is 2.99. The summed E-state index contributed by atoms with van der Waals surface area (Å²) in [7, 11) is 0. The van der Waals surface area contributed by atoms with Gasteiger partial charge in [-0.15, -0.1) is 0 Å². The Kier molecular flexibility index (Phi) is 31.2. The van der Waals surface area contributed by atoms with Gasteiger partial charge in [-0.3, -0.25) is 14.4 Å². The molecule has 2 atom stereocenters. The second-order valence-electron chi connectivity index (χ2n) is 10.7. The van der Waals surface area contributed by atoms with Gasteiger partial charge in [-0.2, -0.15) is 0 Å². The predicted molar refractivity (Wildman–Crippen MR) is 179 cm³/mol. The van der Waals surface area contributed by atoms with Crippen LogP contribution in [0.2, 0.25) is 0 Å². The Morgan fingerprint density at radius 1 is 0.587 bits per heavy atom. The second kappa shape index (κ2) is 29.0. The second-order valence-corrected chi connectivity index (χ2v) is 10.7. The lowest BCUT2D eigenvalue weighted by atomic mass is 9.99. The molecule has 0 bridgehead atoms. The van der Waals surface area contributed by atoms with Crippen LogP contribution in [0.15, 0.2) is 60.7 Å². The molecule has 2 rings (SSSR count). The molecule has 0 spiro atoms. The van der Waals surface area contributed by atoms with Crippen LogP contribution in [0, 0.1) is 17.8 Å². The Labute approximate surface area is 284 Å². The van der Waals surface area contributed by atoms with Crippen LogP contribution in [0.5, 0.6) is 0 Å². The minimum absolute atomic E-state index is 0. The summed E-state index contributed by atoms with van der Waals surface area (Å²) in [4.78, 5) is 46.2. The van der Waals surface area contributed by atoms with Gasteiger partial charge in [0, 0.05) is 18.8 Å². The van der Waals surface area contributed by atoms with Gasteiger partial charge in [-0.05, 0) is 29.9 Å². The Morgan fingerprint density at radius 3 is 1.30 bits per heavy atom. The molecule has 0 saturated heterocycles. The van der Waals surface area contributed by atoms with Crippen LogP contribution in [0.25, 0.3) is 0 Å². The van der Waals surface area contributed by atoms with Crippen molar-refractivity contribution in [3.8, 4) is 0 Å². The molecule has 0 radical (unpaired) electrons. The van der Waals surface area contributed by atoms with E-state index in [1.165, 1.54) is 0 Å². The van der Waals surface area contributed by atoms with Crippen molar-refractivity contribution in [1.82, 2.24) is 0 Å². The highest BCUT2D eigenvalue weighted by Crippen LogP contribution is 2.12. The van der Waals surface area contributed by atoms with Crippen LogP contribution >= 0.6 is 0 Å². The highest BCUT2D eigenvalue weighted by molar-refractivity contribution is 5.74. The van der Waals surface area contributed by atoms with Crippen LogP contribution in [-0.2, 0) is 51.3 Å². The quantitative estimate of drug-likeness (QED) is 0.163. The third-order valence-corrected chi connectivity index (χ3v) is 6.50. The van der Waals surface area contributed by atoms with Crippen LogP contribution < -0.4 is 18.1 Å². The van der Waals surface area contributed by atoms with Gasteiger partial charge in [-0.1, -0.05) is 118 Å². The van der Waals surface area contributed by atoms with E-state index < -0.39 is 0 Å². The van der Waals surface area contributed by atoms with Crippen molar-refractivity contribution in [2.45, 2.75) is 102 Å². The fraction of sp³-hybridized carbons (Fsp3) is 0.556. The minimum Gasteiger partial charge on any atom is -1.00 e. The zero-order chi connectivity index (χ0) is 31.3. The zero-order valence-corrected chi connectivity index (χ0v) is 26.8. The lowest BCUT2D eigenvalue weighted by Crippen LogP contribution is -3.00. The number of quaternary nitrogens is 1.